The number of hydrogen-bond acceptors (Lipinski definition) is 5. The third kappa shape index (κ3) is 4.49. The highest BCUT2D eigenvalue weighted by molar-refractivity contribution is 5.91. The van der Waals surface area contributed by atoms with Crippen LogP contribution in [0, 0.1) is 0 Å². The molecule has 5 heteroatoms. The predicted molar refractivity (Wildman–Crippen MR) is 48.8 cm³/mol. The summed E-state index contributed by atoms with van der Waals surface area (Å²) in [5.41, 5.74) is 0. The zero-order valence-electron chi connectivity index (χ0n) is 8.24. The average molecular weight is 202 g/mol. The van der Waals surface area contributed by atoms with E-state index in [1.165, 1.54) is 7.11 Å². The van der Waals surface area contributed by atoms with Gasteiger partial charge in [-0.15, -0.1) is 0 Å². The maximum Gasteiger partial charge on any atom is 0.305 e. The van der Waals surface area contributed by atoms with Crippen molar-refractivity contribution >= 4 is 11.8 Å². The summed E-state index contributed by atoms with van der Waals surface area (Å²) < 4.78 is 4.37. The van der Waals surface area contributed by atoms with Crippen molar-refractivity contribution in [2.24, 2.45) is 0 Å². The second kappa shape index (κ2) is 6.01. The molecule has 0 aliphatic heterocycles. The van der Waals surface area contributed by atoms with Gasteiger partial charge in [0.2, 0.25) is 0 Å². The van der Waals surface area contributed by atoms with Crippen LogP contribution >= 0.6 is 0 Å². The molecule has 0 unspecified atom stereocenters. The highest BCUT2D eigenvalue weighted by atomic mass is 16.5. The van der Waals surface area contributed by atoms with Crippen LogP contribution < -0.4 is 0 Å². The lowest BCUT2D eigenvalue weighted by atomic mass is 10.2. The molecule has 0 amide bonds. The fraction of sp³-hybridized carbons (Fsp3) is 0.556. The molecule has 0 spiro atoms. The number of hydrogen-bond donors (Lipinski definition) is 2. The molecular weight excluding hydrogens is 188 g/mol. The normalized spacial score (nSPS) is 11.9. The number of ketones is 1. The van der Waals surface area contributed by atoms with E-state index in [1.807, 2.05) is 0 Å². The molecule has 14 heavy (non-hydrogen) atoms. The van der Waals surface area contributed by atoms with Gasteiger partial charge in [-0.1, -0.05) is 0 Å². The van der Waals surface area contributed by atoms with E-state index in [0.717, 1.165) is 6.92 Å². The van der Waals surface area contributed by atoms with E-state index in [4.69, 9.17) is 10.2 Å². The van der Waals surface area contributed by atoms with Crippen LogP contribution in [-0.2, 0) is 14.3 Å². The third-order valence-corrected chi connectivity index (χ3v) is 1.63. The highest BCUT2D eigenvalue weighted by Crippen LogP contribution is 2.09. The molecule has 0 heterocycles. The van der Waals surface area contributed by atoms with E-state index in [1.54, 1.807) is 0 Å². The summed E-state index contributed by atoms with van der Waals surface area (Å²) in [6.45, 7) is 1.14. The highest BCUT2D eigenvalue weighted by Gasteiger charge is 2.09. The minimum absolute atomic E-state index is 0.0838. The number of rotatable bonds is 5. The van der Waals surface area contributed by atoms with Crippen molar-refractivity contribution < 1.29 is 24.5 Å². The molecule has 2 N–H and O–H groups in total. The van der Waals surface area contributed by atoms with Crippen LogP contribution in [0.3, 0.4) is 0 Å². The third-order valence-electron chi connectivity index (χ3n) is 1.63. The average Bonchev–Trinajstić information content (AvgIpc) is 2.15. The molecule has 80 valence electrons. The van der Waals surface area contributed by atoms with E-state index >= 15 is 0 Å². The van der Waals surface area contributed by atoms with Gasteiger partial charge in [-0.2, -0.15) is 0 Å². The molecule has 0 saturated heterocycles. The minimum Gasteiger partial charge on any atom is -0.508 e. The summed E-state index contributed by atoms with van der Waals surface area (Å²) in [5.74, 6) is -2.02. The van der Waals surface area contributed by atoms with Gasteiger partial charge in [0.1, 0.15) is 5.76 Å². The van der Waals surface area contributed by atoms with Crippen molar-refractivity contribution in [1.29, 1.82) is 0 Å². The van der Waals surface area contributed by atoms with Crippen LogP contribution in [0.5, 0.6) is 0 Å². The molecule has 0 rings (SSSR count). The Morgan fingerprint density at radius 3 is 2.21 bits per heavy atom. The van der Waals surface area contributed by atoms with Crippen LogP contribution in [-0.4, -0.2) is 29.1 Å². The standard InChI is InChI=1S/C9H14O5/c1-6(10)9(13)7(11)4-3-5-8(12)14-2/h11,13H,3-5H2,1-2H3. The first-order chi connectivity index (χ1) is 6.49. The van der Waals surface area contributed by atoms with E-state index in [0.29, 0.717) is 6.42 Å². The van der Waals surface area contributed by atoms with Crippen LogP contribution in [0.15, 0.2) is 11.5 Å². The number of aliphatic hydroxyl groups excluding tert-OH is 2. The van der Waals surface area contributed by atoms with E-state index < -0.39 is 11.5 Å². The molecule has 0 aliphatic carbocycles. The smallest absolute Gasteiger partial charge is 0.305 e. The minimum atomic E-state index is -0.644. The summed E-state index contributed by atoms with van der Waals surface area (Å²) in [5, 5.41) is 18.1. The van der Waals surface area contributed by atoms with E-state index in [2.05, 4.69) is 4.74 Å². The second-order valence-electron chi connectivity index (χ2n) is 2.78. The topological polar surface area (TPSA) is 83.8 Å². The number of carbonyl (C=O) groups is 2. The van der Waals surface area contributed by atoms with Crippen LogP contribution in [0.2, 0.25) is 0 Å². The Bertz CT molecular complexity index is 254. The van der Waals surface area contributed by atoms with Crippen LogP contribution in [0.25, 0.3) is 0 Å². The molecule has 0 saturated carbocycles. The van der Waals surface area contributed by atoms with Gasteiger partial charge in [0, 0.05) is 19.8 Å². The van der Waals surface area contributed by atoms with E-state index in [9.17, 15) is 9.59 Å². The molecule has 0 aromatic heterocycles. The number of aliphatic hydroxyl groups is 2. The van der Waals surface area contributed by atoms with Crippen LogP contribution in [0.4, 0.5) is 0 Å². The molecule has 0 aromatic carbocycles. The Hall–Kier alpha value is -1.52. The summed E-state index contributed by atoms with van der Waals surface area (Å²) in [7, 11) is 1.27. The molecule has 0 atom stereocenters. The quantitative estimate of drug-likeness (QED) is 0.398. The van der Waals surface area contributed by atoms with Crippen molar-refractivity contribution in [3.8, 4) is 0 Å². The fourth-order valence-corrected chi connectivity index (χ4v) is 0.824. The summed E-state index contributed by atoms with van der Waals surface area (Å²) >= 11 is 0. The second-order valence-corrected chi connectivity index (χ2v) is 2.78. The monoisotopic (exact) mass is 202 g/mol. The molecule has 5 nitrogen and oxygen atoms in total. The Kier molecular flexibility index (Phi) is 5.36. The SMILES string of the molecule is COC(=O)CCCC(O)=C(O)C(C)=O. The van der Waals surface area contributed by atoms with Crippen molar-refractivity contribution in [2.45, 2.75) is 26.2 Å². The molecular formula is C9H14O5. The Balaban J connectivity index is 3.96. The molecule has 0 radical (unpaired) electrons. The van der Waals surface area contributed by atoms with Crippen molar-refractivity contribution in [3.63, 3.8) is 0 Å². The lowest BCUT2D eigenvalue weighted by molar-refractivity contribution is -0.140. The lowest BCUT2D eigenvalue weighted by Gasteiger charge is -2.01. The van der Waals surface area contributed by atoms with Gasteiger partial charge in [-0.3, -0.25) is 9.59 Å². The van der Waals surface area contributed by atoms with Crippen molar-refractivity contribution in [2.75, 3.05) is 7.11 Å². The molecule has 0 fully saturated rings. The van der Waals surface area contributed by atoms with Gasteiger partial charge in [0.15, 0.2) is 11.5 Å². The predicted octanol–water partition coefficient (Wildman–Crippen LogP) is 1.25. The first-order valence-electron chi connectivity index (χ1n) is 4.17. The summed E-state index contributed by atoms with van der Waals surface area (Å²) in [6.07, 6.45) is 0.558. The fourth-order valence-electron chi connectivity index (χ4n) is 0.824. The van der Waals surface area contributed by atoms with E-state index in [-0.39, 0.29) is 24.6 Å². The van der Waals surface area contributed by atoms with Gasteiger partial charge >= 0.3 is 5.97 Å². The van der Waals surface area contributed by atoms with Crippen LogP contribution in [0.1, 0.15) is 26.2 Å². The van der Waals surface area contributed by atoms with Gasteiger partial charge < -0.3 is 14.9 Å². The first kappa shape index (κ1) is 12.5. The summed E-state index contributed by atoms with van der Waals surface area (Å²) in [4.78, 5) is 21.2. The number of Topliss-reactive ketones (excluding diaryl/α,β-unsaturated/α-hetero) is 1. The number of carbonyl (C=O) groups excluding carboxylic acids is 2. The number of esters is 1. The van der Waals surface area contributed by atoms with Gasteiger partial charge in [0.25, 0.3) is 0 Å². The molecule has 0 aliphatic rings. The summed E-state index contributed by atoms with van der Waals surface area (Å²) in [6, 6.07) is 0. The van der Waals surface area contributed by atoms with Crippen molar-refractivity contribution in [3.05, 3.63) is 11.5 Å². The molecule has 0 aromatic rings. The Labute approximate surface area is 82.0 Å². The first-order valence-corrected chi connectivity index (χ1v) is 4.17. The Morgan fingerprint density at radius 1 is 1.21 bits per heavy atom. The zero-order valence-corrected chi connectivity index (χ0v) is 8.24. The lowest BCUT2D eigenvalue weighted by Crippen LogP contribution is -2.03. The molecule has 0 bridgehead atoms. The largest absolute Gasteiger partial charge is 0.508 e. The number of methoxy groups -OCH3 is 1. The Morgan fingerprint density at radius 2 is 1.79 bits per heavy atom. The van der Waals surface area contributed by atoms with Crippen molar-refractivity contribution in [1.82, 2.24) is 0 Å². The number of allylic oxidation sites excluding steroid dienone is 2. The van der Waals surface area contributed by atoms with Gasteiger partial charge in [-0.25, -0.2) is 0 Å². The number of ether oxygens (including phenoxy) is 1. The maximum absolute atomic E-state index is 10.6. The van der Waals surface area contributed by atoms with Gasteiger partial charge in [0.05, 0.1) is 7.11 Å². The zero-order chi connectivity index (χ0) is 11.1. The van der Waals surface area contributed by atoms with Gasteiger partial charge in [-0.05, 0) is 6.42 Å². The maximum atomic E-state index is 10.6.